The largest absolute Gasteiger partial charge is 0.448 e. The third-order valence-electron chi connectivity index (χ3n) is 6.91. The second-order valence-electron chi connectivity index (χ2n) is 9.75. The second kappa shape index (κ2) is 14.3. The molecule has 1 N–H and O–H groups in total. The van der Waals surface area contributed by atoms with E-state index < -0.39 is 47.8 Å². The van der Waals surface area contributed by atoms with Crippen molar-refractivity contribution >= 4 is 30.3 Å². The van der Waals surface area contributed by atoms with Crippen molar-refractivity contribution in [1.82, 2.24) is 15.1 Å². The minimum atomic E-state index is -4.53. The van der Waals surface area contributed by atoms with Gasteiger partial charge in [0.2, 0.25) is 11.8 Å². The molecule has 2 fully saturated rings. The molecule has 0 saturated carbocycles. The van der Waals surface area contributed by atoms with E-state index in [-0.39, 0.29) is 31.7 Å². The molecule has 43 heavy (non-hydrogen) atoms. The van der Waals surface area contributed by atoms with E-state index in [1.54, 1.807) is 12.2 Å². The molecule has 11 heteroatoms. The maximum Gasteiger partial charge on any atom is 0.416 e. The summed E-state index contributed by atoms with van der Waals surface area (Å²) in [7, 11) is 0. The molecule has 2 unspecified atom stereocenters. The number of benzene rings is 3. The Labute approximate surface area is 246 Å². The standard InChI is InChI=1S/C26H24F3N3O5.C6H6/c27-26(28,29)19-8-4-7-18(15-19)16-30-23(34)21(11-13-33)32-20(10-9-17-5-2-1-3-6-17)22(24(32)35)31-12-14-37-25(31)36;1-2-4-6-5-3-1/h1-10,13,15,20-22H,11-12,14,16H2,(H,30,34);1-6H/b10-9+;/t20?,21-,22?;/m1./s1. The number of aldehydes is 1. The number of nitrogens with one attached hydrogen (secondary N) is 1. The van der Waals surface area contributed by atoms with Gasteiger partial charge >= 0.3 is 12.3 Å². The van der Waals surface area contributed by atoms with Crippen molar-refractivity contribution in [3.63, 3.8) is 0 Å². The summed E-state index contributed by atoms with van der Waals surface area (Å²) in [6.45, 7) is 0.109. The molecule has 0 spiro atoms. The summed E-state index contributed by atoms with van der Waals surface area (Å²) >= 11 is 0. The first-order valence-corrected chi connectivity index (χ1v) is 13.6. The zero-order valence-electron chi connectivity index (χ0n) is 23.0. The highest BCUT2D eigenvalue weighted by atomic mass is 19.4. The Bertz CT molecular complexity index is 1410. The summed E-state index contributed by atoms with van der Waals surface area (Å²) in [5, 5.41) is 2.53. The third-order valence-corrected chi connectivity index (χ3v) is 6.91. The van der Waals surface area contributed by atoms with E-state index in [0.29, 0.717) is 6.29 Å². The second-order valence-corrected chi connectivity index (χ2v) is 9.75. The summed E-state index contributed by atoms with van der Waals surface area (Å²) in [5.74, 6) is -1.22. The number of halogens is 3. The molecule has 8 nitrogen and oxygen atoms in total. The van der Waals surface area contributed by atoms with Gasteiger partial charge in [-0.3, -0.25) is 14.5 Å². The van der Waals surface area contributed by atoms with Crippen LogP contribution in [0.1, 0.15) is 23.1 Å². The number of β-lactam (4-membered cyclic amide) rings is 1. The highest BCUT2D eigenvalue weighted by Gasteiger charge is 2.55. The van der Waals surface area contributed by atoms with Gasteiger partial charge in [0.25, 0.3) is 0 Å². The first-order valence-electron chi connectivity index (χ1n) is 13.6. The molecule has 3 aromatic carbocycles. The van der Waals surface area contributed by atoms with Gasteiger partial charge in [-0.05, 0) is 23.3 Å². The van der Waals surface area contributed by atoms with Crippen LogP contribution in [-0.4, -0.2) is 65.3 Å². The Balaban J connectivity index is 0.000000628. The third kappa shape index (κ3) is 7.88. The molecule has 3 aromatic rings. The smallest absolute Gasteiger partial charge is 0.416 e. The summed E-state index contributed by atoms with van der Waals surface area (Å²) in [6.07, 6.45) is -1.57. The summed E-state index contributed by atoms with van der Waals surface area (Å²) < 4.78 is 44.0. The lowest BCUT2D eigenvalue weighted by Crippen LogP contribution is -2.74. The van der Waals surface area contributed by atoms with E-state index in [2.05, 4.69) is 5.32 Å². The zero-order valence-corrected chi connectivity index (χ0v) is 23.0. The highest BCUT2D eigenvalue weighted by Crippen LogP contribution is 2.32. The highest BCUT2D eigenvalue weighted by molar-refractivity contribution is 5.98. The van der Waals surface area contributed by atoms with E-state index in [4.69, 9.17) is 4.74 Å². The molecule has 2 aliphatic heterocycles. The maximum absolute atomic E-state index is 13.2. The molecule has 2 heterocycles. The van der Waals surface area contributed by atoms with Gasteiger partial charge in [-0.15, -0.1) is 0 Å². The lowest BCUT2D eigenvalue weighted by atomic mass is 9.89. The van der Waals surface area contributed by atoms with Gasteiger partial charge in [0.05, 0.1) is 18.2 Å². The number of likely N-dealkylation sites (tertiary alicyclic amines) is 1. The van der Waals surface area contributed by atoms with Gasteiger partial charge in [0, 0.05) is 13.0 Å². The average molecular weight is 594 g/mol. The van der Waals surface area contributed by atoms with Crippen LogP contribution in [0.25, 0.3) is 6.08 Å². The molecule has 3 amide bonds. The summed E-state index contributed by atoms with van der Waals surface area (Å²) in [5.41, 5.74) is 0.180. The van der Waals surface area contributed by atoms with Crippen LogP contribution in [0, 0.1) is 0 Å². The lowest BCUT2D eigenvalue weighted by Gasteiger charge is -2.51. The zero-order chi connectivity index (χ0) is 30.8. The number of nitrogens with zero attached hydrogens (tertiary/aromatic N) is 2. The fourth-order valence-corrected chi connectivity index (χ4v) is 4.81. The fraction of sp³-hybridized carbons (Fsp3) is 0.250. The molecular weight excluding hydrogens is 563 g/mol. The molecule has 224 valence electrons. The Morgan fingerprint density at radius 2 is 1.63 bits per heavy atom. The van der Waals surface area contributed by atoms with Crippen LogP contribution in [0.3, 0.4) is 0 Å². The molecule has 3 atom stereocenters. The number of carbonyl (C=O) groups excluding carboxylic acids is 4. The van der Waals surface area contributed by atoms with Crippen molar-refractivity contribution in [2.45, 2.75) is 37.3 Å². The first-order chi connectivity index (χ1) is 20.7. The van der Waals surface area contributed by atoms with Crippen LogP contribution in [0.4, 0.5) is 18.0 Å². The normalized spacial score (nSPS) is 18.8. The Kier molecular flexibility index (Phi) is 10.3. The monoisotopic (exact) mass is 593 g/mol. The van der Waals surface area contributed by atoms with Crippen LogP contribution in [0.5, 0.6) is 0 Å². The average Bonchev–Trinajstić information content (AvgIpc) is 3.43. The number of carbonyl (C=O) groups is 4. The van der Waals surface area contributed by atoms with Crippen molar-refractivity contribution < 1.29 is 37.1 Å². The lowest BCUT2D eigenvalue weighted by molar-refractivity contribution is -0.162. The van der Waals surface area contributed by atoms with Gasteiger partial charge in [0.15, 0.2) is 0 Å². The van der Waals surface area contributed by atoms with E-state index in [9.17, 15) is 32.3 Å². The maximum atomic E-state index is 13.2. The van der Waals surface area contributed by atoms with Crippen LogP contribution in [-0.2, 0) is 31.8 Å². The van der Waals surface area contributed by atoms with E-state index in [1.807, 2.05) is 66.7 Å². The van der Waals surface area contributed by atoms with Gasteiger partial charge in [0.1, 0.15) is 25.0 Å². The van der Waals surface area contributed by atoms with E-state index in [0.717, 1.165) is 17.7 Å². The Morgan fingerprint density at radius 1 is 0.977 bits per heavy atom. The van der Waals surface area contributed by atoms with Crippen LogP contribution < -0.4 is 5.32 Å². The van der Waals surface area contributed by atoms with E-state index >= 15 is 0 Å². The van der Waals surface area contributed by atoms with Gasteiger partial charge < -0.3 is 19.7 Å². The minimum Gasteiger partial charge on any atom is -0.448 e. The predicted octanol–water partition coefficient (Wildman–Crippen LogP) is 4.71. The molecule has 2 saturated heterocycles. The number of hydrogen-bond acceptors (Lipinski definition) is 5. The number of amides is 3. The number of alkyl halides is 3. The minimum absolute atomic E-state index is 0.132. The quantitative estimate of drug-likeness (QED) is 0.287. The van der Waals surface area contributed by atoms with Crippen molar-refractivity contribution in [2.24, 2.45) is 0 Å². The molecule has 2 aliphatic rings. The summed E-state index contributed by atoms with van der Waals surface area (Å²) in [4.78, 5) is 52.4. The molecule has 0 aromatic heterocycles. The van der Waals surface area contributed by atoms with Gasteiger partial charge in [-0.25, -0.2) is 4.79 Å². The number of ether oxygens (including phenoxy) is 1. The SMILES string of the molecule is O=CC[C@H](C(=O)NCc1cccc(C(F)(F)F)c1)N1C(=O)C(N2CCOC2=O)C1/C=C/c1ccccc1.c1ccccc1. The fourth-order valence-electron chi connectivity index (χ4n) is 4.81. The van der Waals surface area contributed by atoms with Crippen LogP contribution >= 0.6 is 0 Å². The molecule has 0 radical (unpaired) electrons. The summed E-state index contributed by atoms with van der Waals surface area (Å²) in [6, 6.07) is 22.8. The number of hydrogen-bond donors (Lipinski definition) is 1. The van der Waals surface area contributed by atoms with Crippen molar-refractivity contribution in [1.29, 1.82) is 0 Å². The van der Waals surface area contributed by atoms with Crippen LogP contribution in [0.15, 0.2) is 97.1 Å². The van der Waals surface area contributed by atoms with E-state index in [1.165, 1.54) is 21.9 Å². The van der Waals surface area contributed by atoms with Crippen molar-refractivity contribution in [3.05, 3.63) is 114 Å². The van der Waals surface area contributed by atoms with Crippen molar-refractivity contribution in [3.8, 4) is 0 Å². The number of cyclic esters (lactones) is 1. The number of rotatable bonds is 9. The van der Waals surface area contributed by atoms with Crippen molar-refractivity contribution in [2.75, 3.05) is 13.2 Å². The predicted molar refractivity (Wildman–Crippen MR) is 152 cm³/mol. The van der Waals surface area contributed by atoms with Gasteiger partial charge in [-0.1, -0.05) is 91.0 Å². The molecular formula is C32H30F3N3O5. The Morgan fingerprint density at radius 3 is 2.21 bits per heavy atom. The molecule has 5 rings (SSSR count). The van der Waals surface area contributed by atoms with Gasteiger partial charge in [-0.2, -0.15) is 13.2 Å². The Hall–Kier alpha value is -4.93. The topological polar surface area (TPSA) is 96.0 Å². The van der Waals surface area contributed by atoms with Crippen LogP contribution in [0.2, 0.25) is 0 Å². The molecule has 0 aliphatic carbocycles. The first kappa shape index (κ1) is 31.0. The molecule has 0 bridgehead atoms.